The quantitative estimate of drug-likeness (QED) is 0.150. The van der Waals surface area contributed by atoms with Crippen LogP contribution < -0.4 is 0 Å². The molecule has 2 aliphatic carbocycles. The molecule has 11 aromatic rings. The third-order valence-electron chi connectivity index (χ3n) is 13.7. The smallest absolute Gasteiger partial charge is 0.164 e. The van der Waals surface area contributed by atoms with Gasteiger partial charge in [0.05, 0.1) is 5.41 Å². The molecule has 0 aliphatic heterocycles. The van der Waals surface area contributed by atoms with E-state index in [1.807, 2.05) is 72.8 Å². The summed E-state index contributed by atoms with van der Waals surface area (Å²) in [6, 6.07) is 70.8. The molecule has 0 radical (unpaired) electrons. The topological polar surface area (TPSA) is 51.8 Å². The van der Waals surface area contributed by atoms with Crippen molar-refractivity contribution in [3.05, 3.63) is 247 Å². The van der Waals surface area contributed by atoms with Crippen LogP contribution in [0.5, 0.6) is 0 Å². The highest BCUT2D eigenvalue weighted by Crippen LogP contribution is 2.66. The van der Waals surface area contributed by atoms with E-state index in [0.29, 0.717) is 17.5 Å². The molecule has 0 bridgehead atoms. The zero-order valence-corrected chi connectivity index (χ0v) is 35.9. The Bertz CT molecular complexity index is 3700. The van der Waals surface area contributed by atoms with Gasteiger partial charge in [-0.25, -0.2) is 15.0 Å². The molecule has 0 saturated heterocycles. The Morgan fingerprint density at radius 3 is 1.45 bits per heavy atom. The van der Waals surface area contributed by atoms with Gasteiger partial charge in [-0.05, 0) is 78.2 Å². The fourth-order valence-electron chi connectivity index (χ4n) is 11.0. The average molecular weight is 842 g/mol. The van der Waals surface area contributed by atoms with Gasteiger partial charge in [-0.2, -0.15) is 0 Å². The summed E-state index contributed by atoms with van der Waals surface area (Å²) in [5.74, 6) is 3.49. The highest BCUT2D eigenvalue weighted by Gasteiger charge is 2.55. The lowest BCUT2D eigenvalue weighted by molar-refractivity contribution is 0.596. The van der Waals surface area contributed by atoms with Gasteiger partial charge in [-0.15, -0.1) is 0 Å². The van der Waals surface area contributed by atoms with Crippen molar-refractivity contribution >= 4 is 33.7 Å². The normalized spacial score (nSPS) is 12.8. The van der Waals surface area contributed by atoms with E-state index in [-0.39, 0.29) is 0 Å². The third kappa shape index (κ3) is 5.36. The minimum Gasteiger partial charge on any atom is -0.455 e. The summed E-state index contributed by atoms with van der Waals surface area (Å²) in [6.07, 6.45) is 3.91. The van der Waals surface area contributed by atoms with Crippen LogP contribution in [0.2, 0.25) is 0 Å². The van der Waals surface area contributed by atoms with Crippen molar-refractivity contribution in [2.24, 2.45) is 0 Å². The van der Waals surface area contributed by atoms with E-state index in [9.17, 15) is 0 Å². The van der Waals surface area contributed by atoms with Crippen LogP contribution in [0.1, 0.15) is 33.4 Å². The minimum atomic E-state index is -0.657. The first-order chi connectivity index (χ1) is 32.6. The Morgan fingerprint density at radius 1 is 0.364 bits per heavy atom. The number of furan rings is 1. The molecule has 0 unspecified atom stereocenters. The molecule has 0 atom stereocenters. The molecule has 66 heavy (non-hydrogen) atoms. The molecule has 1 spiro atoms. The summed E-state index contributed by atoms with van der Waals surface area (Å²) in [7, 11) is 0. The Labute approximate surface area is 382 Å². The van der Waals surface area contributed by atoms with Crippen LogP contribution in [-0.2, 0) is 5.41 Å². The molecule has 2 aliphatic rings. The Hall–Kier alpha value is -8.73. The molecule has 13 rings (SSSR count). The van der Waals surface area contributed by atoms with E-state index in [1.54, 1.807) is 0 Å². The molecule has 0 saturated carbocycles. The van der Waals surface area contributed by atoms with Crippen molar-refractivity contribution in [2.45, 2.75) is 5.41 Å². The third-order valence-corrected chi connectivity index (χ3v) is 13.7. The number of nitrogens with zero attached hydrogens (tertiary/aromatic N) is 3. The molecule has 0 amide bonds. The standard InChI is InChI=1S/C62H39N3O/c1-3-43-44(4-2)51-37-41(34-35-47(51)46-27-12-11-26-45(43)46)57-55(40-24-19-25-42(36-40)61-64-59(38-20-7-5-8-21-38)63-60(65-61)39-22-9-6-10-23-39)56-58(66-57)50-30-15-18-33-54(50)62(56)52-31-16-13-28-48(52)49-29-14-17-32-53(49)62/h3-37H,1-2H2. The molecule has 9 aromatic carbocycles. The Balaban J connectivity index is 1.12. The van der Waals surface area contributed by atoms with Crippen molar-refractivity contribution in [3.8, 4) is 79.1 Å². The Morgan fingerprint density at radius 2 is 0.833 bits per heavy atom. The Kier molecular flexibility index (Phi) is 8.40. The number of aromatic nitrogens is 3. The lowest BCUT2D eigenvalue weighted by atomic mass is 9.69. The van der Waals surface area contributed by atoms with E-state index in [1.165, 1.54) is 33.2 Å². The van der Waals surface area contributed by atoms with Crippen LogP contribution in [0.15, 0.2) is 218 Å². The van der Waals surface area contributed by atoms with Crippen LogP contribution in [0, 0.1) is 0 Å². The SMILES string of the molecule is C=Cc1c(C=C)c2cc(-c3oc4c(c3-c3cccc(-c5nc(-c6ccccc6)nc(-c6ccccc6)n5)c3)C3(c5ccccc5-c5ccccc53)c3ccccc3-4)ccc2c2ccccc12. The van der Waals surface area contributed by atoms with Crippen LogP contribution >= 0.6 is 0 Å². The molecular weight excluding hydrogens is 803 g/mol. The van der Waals surface area contributed by atoms with Gasteiger partial charge in [-0.3, -0.25) is 0 Å². The van der Waals surface area contributed by atoms with E-state index in [4.69, 9.17) is 19.4 Å². The molecule has 0 N–H and O–H groups in total. The average Bonchev–Trinajstić information content (AvgIpc) is 4.03. The van der Waals surface area contributed by atoms with Crippen molar-refractivity contribution in [2.75, 3.05) is 0 Å². The van der Waals surface area contributed by atoms with E-state index in [0.717, 1.165) is 83.3 Å². The predicted molar refractivity (Wildman–Crippen MR) is 271 cm³/mol. The first kappa shape index (κ1) is 37.8. The van der Waals surface area contributed by atoms with Crippen LogP contribution in [0.25, 0.3) is 113 Å². The predicted octanol–water partition coefficient (Wildman–Crippen LogP) is 15.7. The second-order valence-electron chi connectivity index (χ2n) is 17.1. The van der Waals surface area contributed by atoms with Gasteiger partial charge in [0.1, 0.15) is 11.5 Å². The maximum atomic E-state index is 7.52. The second-order valence-corrected chi connectivity index (χ2v) is 17.1. The van der Waals surface area contributed by atoms with Crippen LogP contribution in [0.4, 0.5) is 0 Å². The molecule has 4 heteroatoms. The number of benzene rings is 9. The lowest BCUT2D eigenvalue weighted by Gasteiger charge is -2.30. The summed E-state index contributed by atoms with van der Waals surface area (Å²) < 4.78 is 7.52. The molecule has 2 heterocycles. The first-order valence-corrected chi connectivity index (χ1v) is 22.3. The van der Waals surface area contributed by atoms with Crippen molar-refractivity contribution in [3.63, 3.8) is 0 Å². The van der Waals surface area contributed by atoms with Gasteiger partial charge in [0.25, 0.3) is 0 Å². The first-order valence-electron chi connectivity index (χ1n) is 22.3. The summed E-state index contributed by atoms with van der Waals surface area (Å²) in [4.78, 5) is 15.3. The fourth-order valence-corrected chi connectivity index (χ4v) is 11.0. The van der Waals surface area contributed by atoms with Gasteiger partial charge in [-0.1, -0.05) is 213 Å². The summed E-state index contributed by atoms with van der Waals surface area (Å²) in [5.41, 5.74) is 15.6. The summed E-state index contributed by atoms with van der Waals surface area (Å²) >= 11 is 0. The number of fused-ring (bicyclic) bond motifs is 13. The van der Waals surface area contributed by atoms with Gasteiger partial charge < -0.3 is 4.42 Å². The molecular formula is C62H39N3O. The van der Waals surface area contributed by atoms with Crippen LogP contribution in [-0.4, -0.2) is 15.0 Å². The van der Waals surface area contributed by atoms with E-state index < -0.39 is 5.41 Å². The van der Waals surface area contributed by atoms with Gasteiger partial charge in [0.2, 0.25) is 0 Å². The lowest BCUT2D eigenvalue weighted by Crippen LogP contribution is -2.26. The van der Waals surface area contributed by atoms with Gasteiger partial charge in [0, 0.05) is 38.9 Å². The second kappa shape index (κ2) is 14.7. The van der Waals surface area contributed by atoms with E-state index in [2.05, 4.69) is 153 Å². The van der Waals surface area contributed by atoms with Crippen molar-refractivity contribution in [1.82, 2.24) is 15.0 Å². The molecule has 4 nitrogen and oxygen atoms in total. The van der Waals surface area contributed by atoms with E-state index >= 15 is 0 Å². The number of hydrogen-bond donors (Lipinski definition) is 0. The van der Waals surface area contributed by atoms with Crippen LogP contribution in [0.3, 0.4) is 0 Å². The number of hydrogen-bond acceptors (Lipinski definition) is 4. The monoisotopic (exact) mass is 841 g/mol. The van der Waals surface area contributed by atoms with Crippen molar-refractivity contribution in [1.29, 1.82) is 0 Å². The maximum absolute atomic E-state index is 7.52. The number of rotatable bonds is 7. The van der Waals surface area contributed by atoms with Gasteiger partial charge >= 0.3 is 0 Å². The maximum Gasteiger partial charge on any atom is 0.164 e. The minimum absolute atomic E-state index is 0.589. The zero-order valence-electron chi connectivity index (χ0n) is 35.9. The van der Waals surface area contributed by atoms with Gasteiger partial charge in [0.15, 0.2) is 17.5 Å². The molecule has 0 fully saturated rings. The fraction of sp³-hybridized carbons (Fsp3) is 0.0161. The summed E-state index contributed by atoms with van der Waals surface area (Å²) in [6.45, 7) is 8.58. The highest BCUT2D eigenvalue weighted by molar-refractivity contribution is 6.16. The largest absolute Gasteiger partial charge is 0.455 e. The zero-order chi connectivity index (χ0) is 43.9. The van der Waals surface area contributed by atoms with Crippen molar-refractivity contribution < 1.29 is 4.42 Å². The molecule has 308 valence electrons. The molecule has 2 aromatic heterocycles. The summed E-state index contributed by atoms with van der Waals surface area (Å²) in [5, 5.41) is 4.56. The highest BCUT2D eigenvalue weighted by atomic mass is 16.3.